The van der Waals surface area contributed by atoms with Crippen molar-refractivity contribution in [3.63, 3.8) is 0 Å². The summed E-state index contributed by atoms with van der Waals surface area (Å²) in [5.74, 6) is 0.255. The number of furan rings is 1. The standard InChI is InChI=1S/C22H29F3N4O2S/c1-3-5-12-29(13-6-4-2)15-18-10-11-19(31-18)20(30)27-28-21(32)26-17-9-7-8-16(14-17)22(23,24)25/h7-11,14H,3-6,12-13,15H2,1-2H3,(H,27,30)(H2,26,28,32). The Bertz CT molecular complexity index is 878. The molecule has 1 aromatic heterocycles. The summed E-state index contributed by atoms with van der Waals surface area (Å²) in [6.07, 6.45) is -0.0558. The van der Waals surface area contributed by atoms with Crippen LogP contribution in [0.5, 0.6) is 0 Å². The first-order chi connectivity index (χ1) is 15.2. The van der Waals surface area contributed by atoms with Crippen molar-refractivity contribution in [1.82, 2.24) is 15.8 Å². The smallest absolute Gasteiger partial charge is 0.416 e. The molecule has 0 unspecified atom stereocenters. The van der Waals surface area contributed by atoms with E-state index in [1.807, 2.05) is 0 Å². The van der Waals surface area contributed by atoms with Gasteiger partial charge in [0.15, 0.2) is 10.9 Å². The maximum atomic E-state index is 12.8. The van der Waals surface area contributed by atoms with E-state index < -0.39 is 17.6 Å². The molecule has 1 amide bonds. The molecule has 2 aromatic rings. The summed E-state index contributed by atoms with van der Waals surface area (Å²) in [7, 11) is 0. The molecule has 32 heavy (non-hydrogen) atoms. The molecule has 2 rings (SSSR count). The van der Waals surface area contributed by atoms with Crippen molar-refractivity contribution >= 4 is 28.9 Å². The topological polar surface area (TPSA) is 69.5 Å². The van der Waals surface area contributed by atoms with E-state index in [0.717, 1.165) is 50.9 Å². The number of rotatable bonds is 10. The van der Waals surface area contributed by atoms with Gasteiger partial charge in [-0.15, -0.1) is 0 Å². The number of benzene rings is 1. The van der Waals surface area contributed by atoms with Gasteiger partial charge in [0.25, 0.3) is 0 Å². The molecule has 1 heterocycles. The first kappa shape index (κ1) is 25.7. The predicted octanol–water partition coefficient (Wildman–Crippen LogP) is 5.33. The lowest BCUT2D eigenvalue weighted by Crippen LogP contribution is -2.43. The number of hydrogen-bond acceptors (Lipinski definition) is 4. The van der Waals surface area contributed by atoms with Crippen LogP contribution >= 0.6 is 12.2 Å². The van der Waals surface area contributed by atoms with Gasteiger partial charge in [-0.1, -0.05) is 32.8 Å². The highest BCUT2D eigenvalue weighted by atomic mass is 32.1. The second-order valence-electron chi connectivity index (χ2n) is 7.36. The lowest BCUT2D eigenvalue weighted by Gasteiger charge is -2.20. The maximum Gasteiger partial charge on any atom is 0.416 e. The Kier molecular flexibility index (Phi) is 9.98. The number of hydrogen-bond donors (Lipinski definition) is 3. The Balaban J connectivity index is 1.86. The number of nitrogens with one attached hydrogen (secondary N) is 3. The number of halogens is 3. The Labute approximate surface area is 191 Å². The molecule has 176 valence electrons. The SMILES string of the molecule is CCCCN(CCCC)Cc1ccc(C(=O)NNC(=S)Nc2cccc(C(F)(F)F)c2)o1. The summed E-state index contributed by atoms with van der Waals surface area (Å²) < 4.78 is 44.1. The highest BCUT2D eigenvalue weighted by Gasteiger charge is 2.30. The van der Waals surface area contributed by atoms with Crippen molar-refractivity contribution < 1.29 is 22.4 Å². The zero-order chi connectivity index (χ0) is 23.6. The molecule has 0 aliphatic rings. The molecule has 0 fully saturated rings. The van der Waals surface area contributed by atoms with E-state index in [1.54, 1.807) is 12.1 Å². The number of thiocarbonyl (C=S) groups is 1. The van der Waals surface area contributed by atoms with E-state index in [-0.39, 0.29) is 16.6 Å². The predicted molar refractivity (Wildman–Crippen MR) is 122 cm³/mol. The molecular weight excluding hydrogens is 441 g/mol. The van der Waals surface area contributed by atoms with Gasteiger partial charge in [-0.05, 0) is 68.5 Å². The summed E-state index contributed by atoms with van der Waals surface area (Å²) in [5.41, 5.74) is 4.18. The van der Waals surface area contributed by atoms with E-state index in [0.29, 0.717) is 12.3 Å². The van der Waals surface area contributed by atoms with Gasteiger partial charge in [-0.25, -0.2) is 0 Å². The third-order valence-corrected chi connectivity index (χ3v) is 4.86. The number of unbranched alkanes of at least 4 members (excludes halogenated alkanes) is 2. The van der Waals surface area contributed by atoms with Gasteiger partial charge < -0.3 is 9.73 Å². The second-order valence-corrected chi connectivity index (χ2v) is 7.77. The Hall–Kier alpha value is -2.59. The van der Waals surface area contributed by atoms with Crippen LogP contribution < -0.4 is 16.2 Å². The number of amides is 1. The highest BCUT2D eigenvalue weighted by molar-refractivity contribution is 7.80. The van der Waals surface area contributed by atoms with Crippen molar-refractivity contribution in [3.8, 4) is 0 Å². The first-order valence-corrected chi connectivity index (χ1v) is 11.0. The van der Waals surface area contributed by atoms with E-state index >= 15 is 0 Å². The maximum absolute atomic E-state index is 12.8. The number of carbonyl (C=O) groups is 1. The molecule has 6 nitrogen and oxygen atoms in total. The summed E-state index contributed by atoms with van der Waals surface area (Å²) in [6, 6.07) is 7.93. The molecule has 0 spiro atoms. The average molecular weight is 471 g/mol. The van der Waals surface area contributed by atoms with Crippen LogP contribution in [0.1, 0.15) is 61.4 Å². The lowest BCUT2D eigenvalue weighted by molar-refractivity contribution is -0.137. The van der Waals surface area contributed by atoms with Crippen LogP contribution in [0.4, 0.5) is 18.9 Å². The van der Waals surface area contributed by atoms with Crippen LogP contribution in [-0.4, -0.2) is 29.0 Å². The van der Waals surface area contributed by atoms with Crippen LogP contribution in [0, 0.1) is 0 Å². The number of anilines is 1. The summed E-state index contributed by atoms with van der Waals surface area (Å²) >= 11 is 5.03. The minimum absolute atomic E-state index is 0.0604. The second kappa shape index (κ2) is 12.4. The Morgan fingerprint density at radius 2 is 1.75 bits per heavy atom. The number of carbonyl (C=O) groups excluding carboxylic acids is 1. The number of nitrogens with zero attached hydrogens (tertiary/aromatic N) is 1. The zero-order valence-corrected chi connectivity index (χ0v) is 19.0. The van der Waals surface area contributed by atoms with E-state index in [1.165, 1.54) is 12.1 Å². The molecule has 3 N–H and O–H groups in total. The fourth-order valence-corrected chi connectivity index (χ4v) is 3.12. The summed E-state index contributed by atoms with van der Waals surface area (Å²) in [6.45, 7) is 6.85. The van der Waals surface area contributed by atoms with Crippen LogP contribution in [0.15, 0.2) is 40.8 Å². The van der Waals surface area contributed by atoms with E-state index in [2.05, 4.69) is 34.9 Å². The Morgan fingerprint density at radius 1 is 1.06 bits per heavy atom. The van der Waals surface area contributed by atoms with Crippen LogP contribution in [0.3, 0.4) is 0 Å². The fourth-order valence-electron chi connectivity index (χ4n) is 2.95. The number of hydrazine groups is 1. The van der Waals surface area contributed by atoms with Gasteiger partial charge in [-0.2, -0.15) is 13.2 Å². The van der Waals surface area contributed by atoms with Crippen molar-refractivity contribution in [2.75, 3.05) is 18.4 Å². The van der Waals surface area contributed by atoms with Crippen LogP contribution in [-0.2, 0) is 12.7 Å². The molecule has 1 aromatic carbocycles. The minimum Gasteiger partial charge on any atom is -0.454 e. The third kappa shape index (κ3) is 8.51. The summed E-state index contributed by atoms with van der Waals surface area (Å²) in [4.78, 5) is 14.6. The molecule has 10 heteroatoms. The molecular formula is C22H29F3N4O2S. The Morgan fingerprint density at radius 3 is 2.38 bits per heavy atom. The zero-order valence-electron chi connectivity index (χ0n) is 18.2. The van der Waals surface area contributed by atoms with Gasteiger partial charge in [0, 0.05) is 5.69 Å². The average Bonchev–Trinajstić information content (AvgIpc) is 3.22. The molecule has 0 atom stereocenters. The normalized spacial score (nSPS) is 11.4. The van der Waals surface area contributed by atoms with Gasteiger partial charge in [-0.3, -0.25) is 20.5 Å². The van der Waals surface area contributed by atoms with Gasteiger partial charge in [0.1, 0.15) is 5.76 Å². The molecule has 0 aliphatic heterocycles. The van der Waals surface area contributed by atoms with Crippen LogP contribution in [0.25, 0.3) is 0 Å². The van der Waals surface area contributed by atoms with Gasteiger partial charge in [0.05, 0.1) is 12.1 Å². The number of alkyl halides is 3. The minimum atomic E-state index is -4.46. The lowest BCUT2D eigenvalue weighted by atomic mass is 10.2. The van der Waals surface area contributed by atoms with Gasteiger partial charge >= 0.3 is 12.1 Å². The molecule has 0 radical (unpaired) electrons. The van der Waals surface area contributed by atoms with E-state index in [4.69, 9.17) is 16.6 Å². The molecule has 0 saturated heterocycles. The fraction of sp³-hybridized carbons (Fsp3) is 0.455. The summed E-state index contributed by atoms with van der Waals surface area (Å²) in [5, 5.41) is 2.54. The largest absolute Gasteiger partial charge is 0.454 e. The molecule has 0 saturated carbocycles. The van der Waals surface area contributed by atoms with Crippen molar-refractivity contribution in [3.05, 3.63) is 53.5 Å². The van der Waals surface area contributed by atoms with Crippen molar-refractivity contribution in [2.45, 2.75) is 52.3 Å². The monoisotopic (exact) mass is 470 g/mol. The molecule has 0 bridgehead atoms. The van der Waals surface area contributed by atoms with E-state index in [9.17, 15) is 18.0 Å². The van der Waals surface area contributed by atoms with Gasteiger partial charge in [0.2, 0.25) is 0 Å². The molecule has 0 aliphatic carbocycles. The first-order valence-electron chi connectivity index (χ1n) is 10.6. The third-order valence-electron chi connectivity index (χ3n) is 4.66. The van der Waals surface area contributed by atoms with Crippen molar-refractivity contribution in [2.24, 2.45) is 0 Å². The quantitative estimate of drug-likeness (QED) is 0.322. The van der Waals surface area contributed by atoms with Crippen LogP contribution in [0.2, 0.25) is 0 Å². The highest BCUT2D eigenvalue weighted by Crippen LogP contribution is 2.30. The van der Waals surface area contributed by atoms with Crippen molar-refractivity contribution in [1.29, 1.82) is 0 Å².